The van der Waals surface area contributed by atoms with E-state index in [1.54, 1.807) is 17.9 Å². The third kappa shape index (κ3) is 4.63. The average molecular weight is 354 g/mol. The highest BCUT2D eigenvalue weighted by molar-refractivity contribution is 5.85. The van der Waals surface area contributed by atoms with E-state index in [1.807, 2.05) is 0 Å². The zero-order valence-electron chi connectivity index (χ0n) is 12.6. The van der Waals surface area contributed by atoms with Gasteiger partial charge in [0.2, 0.25) is 5.91 Å². The fourth-order valence-electron chi connectivity index (χ4n) is 2.37. The average Bonchev–Trinajstić information content (AvgIpc) is 2.46. The highest BCUT2D eigenvalue weighted by atomic mass is 35.5. The number of piperazine rings is 1. The van der Waals surface area contributed by atoms with Crippen LogP contribution in [0.25, 0.3) is 0 Å². The van der Waals surface area contributed by atoms with Crippen molar-refractivity contribution in [3.8, 4) is 5.75 Å². The van der Waals surface area contributed by atoms with Gasteiger partial charge in [-0.15, -0.1) is 24.8 Å². The Kier molecular flexibility index (Phi) is 8.52. The monoisotopic (exact) mass is 353 g/mol. The van der Waals surface area contributed by atoms with E-state index in [-0.39, 0.29) is 36.5 Å². The second kappa shape index (κ2) is 9.02. The van der Waals surface area contributed by atoms with E-state index in [0.717, 1.165) is 5.69 Å². The summed E-state index contributed by atoms with van der Waals surface area (Å²) in [4.78, 5) is 15.7. The molecule has 1 saturated heterocycles. The molecular formula is C14H22Cl2FN3O2. The van der Waals surface area contributed by atoms with E-state index < -0.39 is 6.04 Å². The van der Waals surface area contributed by atoms with Gasteiger partial charge in [0.25, 0.3) is 0 Å². The minimum Gasteiger partial charge on any atom is -0.494 e. The molecule has 22 heavy (non-hydrogen) atoms. The molecule has 1 fully saturated rings. The normalized spacial score (nSPS) is 15.5. The molecule has 1 amide bonds. The largest absolute Gasteiger partial charge is 0.494 e. The number of carbonyl (C=O) groups is 1. The lowest BCUT2D eigenvalue weighted by Crippen LogP contribution is -2.52. The van der Waals surface area contributed by atoms with Gasteiger partial charge in [-0.25, -0.2) is 4.39 Å². The molecule has 2 N–H and O–H groups in total. The molecule has 0 aliphatic carbocycles. The van der Waals surface area contributed by atoms with Gasteiger partial charge in [-0.1, -0.05) is 0 Å². The van der Waals surface area contributed by atoms with E-state index in [1.165, 1.54) is 19.2 Å². The summed E-state index contributed by atoms with van der Waals surface area (Å²) in [6.45, 7) is 4.28. The van der Waals surface area contributed by atoms with E-state index in [9.17, 15) is 9.18 Å². The molecule has 126 valence electrons. The molecule has 1 atom stereocenters. The molecule has 8 heteroatoms. The van der Waals surface area contributed by atoms with Crippen molar-refractivity contribution < 1.29 is 13.9 Å². The number of nitrogens with two attached hydrogens (primary N) is 1. The van der Waals surface area contributed by atoms with Gasteiger partial charge in [-0.3, -0.25) is 4.79 Å². The second-order valence-electron chi connectivity index (χ2n) is 4.92. The Bertz CT molecular complexity index is 495. The first-order chi connectivity index (χ1) is 9.52. The molecule has 0 saturated carbocycles. The van der Waals surface area contributed by atoms with Crippen LogP contribution < -0.4 is 15.4 Å². The maximum absolute atomic E-state index is 13.2. The molecule has 0 radical (unpaired) electrons. The number of amides is 1. The van der Waals surface area contributed by atoms with Gasteiger partial charge in [0.05, 0.1) is 18.8 Å². The lowest BCUT2D eigenvalue weighted by atomic mass is 10.2. The topological polar surface area (TPSA) is 58.8 Å². The van der Waals surface area contributed by atoms with Gasteiger partial charge in [0.1, 0.15) is 11.6 Å². The van der Waals surface area contributed by atoms with Crippen LogP contribution in [0.15, 0.2) is 18.2 Å². The Labute approximate surface area is 142 Å². The molecule has 1 aliphatic rings. The van der Waals surface area contributed by atoms with Gasteiger partial charge in [-0.2, -0.15) is 0 Å². The van der Waals surface area contributed by atoms with Gasteiger partial charge in [0.15, 0.2) is 0 Å². The van der Waals surface area contributed by atoms with Crippen LogP contribution in [0.3, 0.4) is 0 Å². The Morgan fingerprint density at radius 3 is 2.36 bits per heavy atom. The summed E-state index contributed by atoms with van der Waals surface area (Å²) < 4.78 is 18.4. The third-order valence-corrected chi connectivity index (χ3v) is 3.46. The highest BCUT2D eigenvalue weighted by Crippen LogP contribution is 2.29. The predicted octanol–water partition coefficient (Wildman–Crippen LogP) is 1.67. The number of hydrogen-bond donors (Lipinski definition) is 1. The number of methoxy groups -OCH3 is 1. The van der Waals surface area contributed by atoms with Crippen LogP contribution in [0.4, 0.5) is 10.1 Å². The van der Waals surface area contributed by atoms with Crippen molar-refractivity contribution in [2.45, 2.75) is 13.0 Å². The number of rotatable bonds is 3. The Hall–Kier alpha value is -1.24. The van der Waals surface area contributed by atoms with Crippen LogP contribution in [0.5, 0.6) is 5.75 Å². The summed E-state index contributed by atoms with van der Waals surface area (Å²) in [5, 5.41) is 0. The molecule has 1 aromatic rings. The second-order valence-corrected chi connectivity index (χ2v) is 4.92. The zero-order valence-corrected chi connectivity index (χ0v) is 14.3. The summed E-state index contributed by atoms with van der Waals surface area (Å²) in [5.74, 6) is 0.157. The smallest absolute Gasteiger partial charge is 0.239 e. The Morgan fingerprint density at radius 2 is 1.86 bits per heavy atom. The molecule has 1 aliphatic heterocycles. The number of benzene rings is 1. The quantitative estimate of drug-likeness (QED) is 0.897. The lowest BCUT2D eigenvalue weighted by molar-refractivity contribution is -0.132. The van der Waals surface area contributed by atoms with Crippen LogP contribution in [0.1, 0.15) is 6.92 Å². The Balaban J connectivity index is 0.00000220. The van der Waals surface area contributed by atoms with Crippen LogP contribution in [-0.4, -0.2) is 50.1 Å². The summed E-state index contributed by atoms with van der Waals surface area (Å²) in [5.41, 5.74) is 6.46. The maximum atomic E-state index is 13.2. The molecule has 0 bridgehead atoms. The van der Waals surface area contributed by atoms with Gasteiger partial charge in [-0.05, 0) is 19.1 Å². The molecule has 0 aromatic heterocycles. The Morgan fingerprint density at radius 1 is 1.27 bits per heavy atom. The van der Waals surface area contributed by atoms with E-state index in [0.29, 0.717) is 31.9 Å². The molecule has 1 aromatic carbocycles. The number of hydrogen-bond acceptors (Lipinski definition) is 4. The predicted molar refractivity (Wildman–Crippen MR) is 89.9 cm³/mol. The van der Waals surface area contributed by atoms with E-state index >= 15 is 0 Å². The van der Waals surface area contributed by atoms with Gasteiger partial charge >= 0.3 is 0 Å². The molecule has 2 rings (SSSR count). The first kappa shape index (κ1) is 20.8. The van der Waals surface area contributed by atoms with Crippen molar-refractivity contribution in [3.05, 3.63) is 24.0 Å². The van der Waals surface area contributed by atoms with E-state index in [4.69, 9.17) is 10.5 Å². The molecular weight excluding hydrogens is 332 g/mol. The van der Waals surface area contributed by atoms with Crippen molar-refractivity contribution in [3.63, 3.8) is 0 Å². The van der Waals surface area contributed by atoms with Crippen molar-refractivity contribution in [1.29, 1.82) is 0 Å². The fourth-order valence-corrected chi connectivity index (χ4v) is 2.37. The van der Waals surface area contributed by atoms with E-state index in [2.05, 4.69) is 4.90 Å². The van der Waals surface area contributed by atoms with Crippen LogP contribution in [0.2, 0.25) is 0 Å². The summed E-state index contributed by atoms with van der Waals surface area (Å²) in [6, 6.07) is 4.02. The fraction of sp³-hybridized carbons (Fsp3) is 0.500. The minimum absolute atomic E-state index is 0. The van der Waals surface area contributed by atoms with Crippen molar-refractivity contribution in [1.82, 2.24) is 4.90 Å². The third-order valence-electron chi connectivity index (χ3n) is 3.46. The summed E-state index contributed by atoms with van der Waals surface area (Å²) in [7, 11) is 1.52. The van der Waals surface area contributed by atoms with Crippen molar-refractivity contribution >= 4 is 36.4 Å². The first-order valence-electron chi connectivity index (χ1n) is 6.65. The maximum Gasteiger partial charge on any atom is 0.239 e. The first-order valence-corrected chi connectivity index (χ1v) is 6.65. The molecule has 0 unspecified atom stereocenters. The number of anilines is 1. The van der Waals surface area contributed by atoms with Crippen LogP contribution in [0, 0.1) is 5.82 Å². The standard InChI is InChI=1S/C14H20FN3O2.2ClH/c1-10(16)14(19)18-7-5-17(6-8-18)12-4-3-11(15)9-13(12)20-2;;/h3-4,9-10H,5-8,16H2,1-2H3;2*1H/t10-;;/m1../s1. The highest BCUT2D eigenvalue weighted by Gasteiger charge is 2.24. The number of halogens is 3. The number of nitrogens with zero attached hydrogens (tertiary/aromatic N) is 2. The number of carbonyl (C=O) groups excluding carboxylic acids is 1. The molecule has 0 spiro atoms. The van der Waals surface area contributed by atoms with Crippen molar-refractivity contribution in [2.75, 3.05) is 38.2 Å². The zero-order chi connectivity index (χ0) is 14.7. The molecule has 5 nitrogen and oxygen atoms in total. The number of ether oxygens (including phenoxy) is 1. The van der Waals surface area contributed by atoms with Crippen molar-refractivity contribution in [2.24, 2.45) is 5.73 Å². The summed E-state index contributed by atoms with van der Waals surface area (Å²) >= 11 is 0. The van der Waals surface area contributed by atoms with Gasteiger partial charge < -0.3 is 20.3 Å². The molecule has 1 heterocycles. The SMILES string of the molecule is COc1cc(F)ccc1N1CCN(C(=O)[C@@H](C)N)CC1.Cl.Cl. The van der Waals surface area contributed by atoms with Crippen LogP contribution in [-0.2, 0) is 4.79 Å². The summed E-state index contributed by atoms with van der Waals surface area (Å²) in [6.07, 6.45) is 0. The van der Waals surface area contributed by atoms with Gasteiger partial charge in [0, 0.05) is 32.2 Å². The minimum atomic E-state index is -0.470. The lowest BCUT2D eigenvalue weighted by Gasteiger charge is -2.37. The van der Waals surface area contributed by atoms with Crippen LogP contribution >= 0.6 is 24.8 Å².